The van der Waals surface area contributed by atoms with Gasteiger partial charge in [-0.1, -0.05) is 12.1 Å². The average molecular weight is 312 g/mol. The van der Waals surface area contributed by atoms with Crippen molar-refractivity contribution >= 4 is 15.7 Å². The molecular formula is C14H20N2O4S. The summed E-state index contributed by atoms with van der Waals surface area (Å²) in [6, 6.07) is 7.20. The lowest BCUT2D eigenvalue weighted by atomic mass is 10.0. The van der Waals surface area contributed by atoms with Gasteiger partial charge in [0.05, 0.1) is 17.0 Å². The largest absolute Gasteiger partial charge is 0.484 e. The first kappa shape index (κ1) is 15.8. The maximum absolute atomic E-state index is 11.9. The summed E-state index contributed by atoms with van der Waals surface area (Å²) in [5.74, 6) is 0.336. The van der Waals surface area contributed by atoms with Gasteiger partial charge in [0.25, 0.3) is 5.91 Å². The molecule has 0 aromatic heterocycles. The number of rotatable bonds is 5. The lowest BCUT2D eigenvalue weighted by Crippen LogP contribution is -2.48. The van der Waals surface area contributed by atoms with Gasteiger partial charge in [0.15, 0.2) is 16.4 Å². The lowest BCUT2D eigenvalue weighted by Gasteiger charge is -2.23. The molecule has 1 amide bonds. The Hall–Kier alpha value is -1.60. The van der Waals surface area contributed by atoms with Gasteiger partial charge in [0.2, 0.25) is 0 Å². The third kappa shape index (κ3) is 4.44. The molecule has 1 heterocycles. The minimum atomic E-state index is -3.05. The van der Waals surface area contributed by atoms with Crippen LogP contribution in [0.15, 0.2) is 24.3 Å². The van der Waals surface area contributed by atoms with Gasteiger partial charge in [0, 0.05) is 6.54 Å². The van der Waals surface area contributed by atoms with Crippen LogP contribution < -0.4 is 15.8 Å². The molecule has 3 N–H and O–H groups in total. The van der Waals surface area contributed by atoms with E-state index in [4.69, 9.17) is 10.5 Å². The highest BCUT2D eigenvalue weighted by molar-refractivity contribution is 7.91. The van der Waals surface area contributed by atoms with Crippen LogP contribution in [0.3, 0.4) is 0 Å². The molecule has 1 atom stereocenters. The highest BCUT2D eigenvalue weighted by Crippen LogP contribution is 2.22. The zero-order valence-corrected chi connectivity index (χ0v) is 12.8. The maximum atomic E-state index is 11.9. The van der Waals surface area contributed by atoms with Gasteiger partial charge in [0.1, 0.15) is 5.75 Å². The molecule has 0 radical (unpaired) electrons. The summed E-state index contributed by atoms with van der Waals surface area (Å²) in [6.07, 6.45) is 0.434. The van der Waals surface area contributed by atoms with Gasteiger partial charge in [-0.05, 0) is 31.0 Å². The van der Waals surface area contributed by atoms with Gasteiger partial charge < -0.3 is 15.8 Å². The maximum Gasteiger partial charge on any atom is 0.258 e. The fourth-order valence-electron chi connectivity index (χ4n) is 2.39. The molecule has 0 bridgehead atoms. The molecule has 21 heavy (non-hydrogen) atoms. The lowest BCUT2D eigenvalue weighted by molar-refractivity contribution is -0.124. The molecule has 0 aliphatic carbocycles. The number of carbonyl (C=O) groups excluding carboxylic acids is 1. The Morgan fingerprint density at radius 3 is 2.86 bits per heavy atom. The minimum absolute atomic E-state index is 0.0194. The van der Waals surface area contributed by atoms with Crippen LogP contribution in [0.2, 0.25) is 0 Å². The first-order valence-electron chi connectivity index (χ1n) is 6.75. The van der Waals surface area contributed by atoms with Crippen LogP contribution in [0.4, 0.5) is 0 Å². The Kier molecular flexibility index (Phi) is 4.53. The SMILES string of the molecule is CC1(NC(=O)COc2cccc(CN)c2)CCS(=O)(=O)C1. The standard InChI is InChI=1S/C14H20N2O4S/c1-14(5-6-21(18,19)10-14)16-13(17)9-20-12-4-2-3-11(7-12)8-15/h2-4,7H,5-6,8-10,15H2,1H3,(H,16,17). The first-order valence-corrected chi connectivity index (χ1v) is 8.57. The van der Waals surface area contributed by atoms with Crippen LogP contribution in [0.5, 0.6) is 5.75 Å². The summed E-state index contributed by atoms with van der Waals surface area (Å²) < 4.78 is 28.4. The smallest absolute Gasteiger partial charge is 0.258 e. The highest BCUT2D eigenvalue weighted by Gasteiger charge is 2.39. The highest BCUT2D eigenvalue weighted by atomic mass is 32.2. The van der Waals surface area contributed by atoms with Gasteiger partial charge in [-0.3, -0.25) is 4.79 Å². The molecule has 1 fully saturated rings. The van der Waals surface area contributed by atoms with Crippen molar-refractivity contribution in [2.24, 2.45) is 5.73 Å². The normalized spacial score (nSPS) is 23.7. The van der Waals surface area contributed by atoms with E-state index in [1.165, 1.54) is 0 Å². The fraction of sp³-hybridized carbons (Fsp3) is 0.500. The van der Waals surface area contributed by atoms with Crippen molar-refractivity contribution in [2.45, 2.75) is 25.4 Å². The van der Waals surface area contributed by atoms with Gasteiger partial charge in [-0.2, -0.15) is 0 Å². The number of ether oxygens (including phenoxy) is 1. The number of sulfone groups is 1. The van der Waals surface area contributed by atoms with E-state index in [1.54, 1.807) is 25.1 Å². The summed E-state index contributed by atoms with van der Waals surface area (Å²) in [6.45, 7) is 1.99. The monoisotopic (exact) mass is 312 g/mol. The van der Waals surface area contributed by atoms with E-state index < -0.39 is 15.4 Å². The van der Waals surface area contributed by atoms with E-state index in [0.29, 0.717) is 18.7 Å². The summed E-state index contributed by atoms with van der Waals surface area (Å²) in [5.41, 5.74) is 5.76. The van der Waals surface area contributed by atoms with Crippen molar-refractivity contribution in [3.8, 4) is 5.75 Å². The van der Waals surface area contributed by atoms with Gasteiger partial charge in [-0.15, -0.1) is 0 Å². The predicted octanol–water partition coefficient (Wildman–Crippen LogP) is 0.217. The Morgan fingerprint density at radius 1 is 1.48 bits per heavy atom. The van der Waals surface area contributed by atoms with Gasteiger partial charge >= 0.3 is 0 Å². The summed E-state index contributed by atoms with van der Waals surface area (Å²) >= 11 is 0. The topological polar surface area (TPSA) is 98.5 Å². The average Bonchev–Trinajstić information content (AvgIpc) is 2.70. The Labute approximate surface area is 124 Å². The van der Waals surface area contributed by atoms with E-state index in [-0.39, 0.29) is 24.0 Å². The predicted molar refractivity (Wildman–Crippen MR) is 79.6 cm³/mol. The molecular weight excluding hydrogens is 292 g/mol. The van der Waals surface area contributed by atoms with E-state index in [2.05, 4.69) is 5.32 Å². The van der Waals surface area contributed by atoms with Crippen molar-refractivity contribution in [3.63, 3.8) is 0 Å². The van der Waals surface area contributed by atoms with Crippen LogP contribution in [-0.4, -0.2) is 38.0 Å². The molecule has 1 unspecified atom stereocenters. The number of amides is 1. The van der Waals surface area contributed by atoms with Crippen molar-refractivity contribution in [1.82, 2.24) is 5.32 Å². The zero-order chi connectivity index (χ0) is 15.5. The number of hydrogen-bond donors (Lipinski definition) is 2. The Bertz CT molecular complexity index is 630. The fourth-order valence-corrected chi connectivity index (χ4v) is 4.49. The molecule has 1 saturated heterocycles. The number of nitrogens with two attached hydrogens (primary N) is 1. The molecule has 0 spiro atoms. The molecule has 1 aliphatic heterocycles. The third-order valence-corrected chi connectivity index (χ3v) is 5.35. The molecule has 1 aromatic carbocycles. The van der Waals surface area contributed by atoms with Crippen LogP contribution >= 0.6 is 0 Å². The second kappa shape index (κ2) is 6.03. The van der Waals surface area contributed by atoms with E-state index in [1.807, 2.05) is 6.07 Å². The summed E-state index contributed by atoms with van der Waals surface area (Å²) in [5, 5.41) is 2.74. The first-order chi connectivity index (χ1) is 9.82. The molecule has 1 aromatic rings. The van der Waals surface area contributed by atoms with E-state index in [0.717, 1.165) is 5.56 Å². The summed E-state index contributed by atoms with van der Waals surface area (Å²) in [7, 11) is -3.05. The summed E-state index contributed by atoms with van der Waals surface area (Å²) in [4.78, 5) is 11.9. The van der Waals surface area contributed by atoms with E-state index in [9.17, 15) is 13.2 Å². The molecule has 116 valence electrons. The second-order valence-electron chi connectivity index (χ2n) is 5.59. The van der Waals surface area contributed by atoms with Crippen molar-refractivity contribution < 1.29 is 17.9 Å². The molecule has 7 heteroatoms. The van der Waals surface area contributed by atoms with Crippen LogP contribution in [0.1, 0.15) is 18.9 Å². The van der Waals surface area contributed by atoms with Gasteiger partial charge in [-0.25, -0.2) is 8.42 Å². The number of carbonyl (C=O) groups is 1. The third-order valence-electron chi connectivity index (χ3n) is 3.45. The van der Waals surface area contributed by atoms with Crippen molar-refractivity contribution in [1.29, 1.82) is 0 Å². The molecule has 1 aliphatic rings. The molecule has 6 nitrogen and oxygen atoms in total. The van der Waals surface area contributed by atoms with Crippen LogP contribution in [-0.2, 0) is 21.2 Å². The zero-order valence-electron chi connectivity index (χ0n) is 12.0. The van der Waals surface area contributed by atoms with Crippen molar-refractivity contribution in [2.75, 3.05) is 18.1 Å². The van der Waals surface area contributed by atoms with Crippen LogP contribution in [0, 0.1) is 0 Å². The number of benzene rings is 1. The minimum Gasteiger partial charge on any atom is -0.484 e. The number of nitrogens with one attached hydrogen (secondary N) is 1. The molecule has 2 rings (SSSR count). The Morgan fingerprint density at radius 2 is 2.24 bits per heavy atom. The van der Waals surface area contributed by atoms with E-state index >= 15 is 0 Å². The second-order valence-corrected chi connectivity index (χ2v) is 7.78. The quantitative estimate of drug-likeness (QED) is 0.810. The number of hydrogen-bond acceptors (Lipinski definition) is 5. The molecule has 0 saturated carbocycles. The Balaban J connectivity index is 1.88. The van der Waals surface area contributed by atoms with Crippen molar-refractivity contribution in [3.05, 3.63) is 29.8 Å². The van der Waals surface area contributed by atoms with Crippen LogP contribution in [0.25, 0.3) is 0 Å².